The summed E-state index contributed by atoms with van der Waals surface area (Å²) < 4.78 is 0. The van der Waals surface area contributed by atoms with Crippen molar-refractivity contribution in [1.82, 2.24) is 15.1 Å². The van der Waals surface area contributed by atoms with Gasteiger partial charge in [-0.2, -0.15) is 0 Å². The Kier molecular flexibility index (Phi) is 7.33. The molecular weight excluding hydrogens is 451 g/mol. The Labute approximate surface area is 196 Å². The van der Waals surface area contributed by atoms with E-state index in [2.05, 4.69) is 27.2 Å². The molecule has 1 aromatic heterocycles. The van der Waals surface area contributed by atoms with Crippen molar-refractivity contribution in [2.45, 2.75) is 5.75 Å². The van der Waals surface area contributed by atoms with Crippen molar-refractivity contribution in [2.24, 2.45) is 0 Å². The lowest BCUT2D eigenvalue weighted by atomic mass is 10.1. The normalized spacial score (nSPS) is 14.0. The van der Waals surface area contributed by atoms with Crippen LogP contribution in [0.15, 0.2) is 60.7 Å². The number of carbonyl (C=O) groups excluding carboxylic acids is 1. The minimum Gasteiger partial charge on any atom is -0.352 e. The van der Waals surface area contributed by atoms with Gasteiger partial charge in [0, 0.05) is 42.5 Å². The monoisotopic (exact) mass is 472 g/mol. The maximum absolute atomic E-state index is 12.5. The second-order valence-electron chi connectivity index (χ2n) is 7.25. The van der Waals surface area contributed by atoms with Crippen LogP contribution in [0.1, 0.15) is 5.56 Å². The highest BCUT2D eigenvalue weighted by atomic mass is 35.5. The summed E-state index contributed by atoms with van der Waals surface area (Å²) >= 11 is 13.9. The highest BCUT2D eigenvalue weighted by Gasteiger charge is 2.22. The Balaban J connectivity index is 1.28. The van der Waals surface area contributed by atoms with Gasteiger partial charge in [0.15, 0.2) is 5.82 Å². The van der Waals surface area contributed by atoms with E-state index in [4.69, 9.17) is 23.2 Å². The van der Waals surface area contributed by atoms with Crippen molar-refractivity contribution < 1.29 is 4.79 Å². The minimum atomic E-state index is 0.194. The van der Waals surface area contributed by atoms with Crippen LogP contribution in [-0.4, -0.2) is 52.9 Å². The molecule has 2 aromatic carbocycles. The molecule has 5 nitrogen and oxygen atoms in total. The lowest BCUT2D eigenvalue weighted by Crippen LogP contribution is -2.49. The van der Waals surface area contributed by atoms with Gasteiger partial charge in [0.05, 0.1) is 16.5 Å². The summed E-state index contributed by atoms with van der Waals surface area (Å²) in [5.74, 6) is 2.36. The van der Waals surface area contributed by atoms with Gasteiger partial charge < -0.3 is 9.80 Å². The Morgan fingerprint density at radius 1 is 0.935 bits per heavy atom. The van der Waals surface area contributed by atoms with E-state index < -0.39 is 0 Å². The molecule has 4 rings (SSSR count). The molecular formula is C23H22Cl2N4OS. The number of piperazine rings is 1. The smallest absolute Gasteiger partial charge is 0.232 e. The number of aromatic nitrogens is 2. The number of carbonyl (C=O) groups is 1. The third kappa shape index (κ3) is 5.70. The molecule has 0 spiro atoms. The molecule has 0 bridgehead atoms. The number of thioether (sulfide) groups is 1. The van der Waals surface area contributed by atoms with E-state index in [9.17, 15) is 4.79 Å². The van der Waals surface area contributed by atoms with Crippen LogP contribution in [-0.2, 0) is 10.5 Å². The topological polar surface area (TPSA) is 49.3 Å². The van der Waals surface area contributed by atoms with E-state index in [1.165, 1.54) is 5.56 Å². The first kappa shape index (κ1) is 21.9. The fourth-order valence-electron chi connectivity index (χ4n) is 3.44. The predicted octanol–water partition coefficient (Wildman–Crippen LogP) is 5.03. The molecule has 1 saturated heterocycles. The van der Waals surface area contributed by atoms with Crippen LogP contribution in [0.25, 0.3) is 11.3 Å². The molecule has 8 heteroatoms. The predicted molar refractivity (Wildman–Crippen MR) is 129 cm³/mol. The first-order chi connectivity index (χ1) is 15.1. The van der Waals surface area contributed by atoms with Crippen LogP contribution >= 0.6 is 35.0 Å². The molecule has 160 valence electrons. The summed E-state index contributed by atoms with van der Waals surface area (Å²) in [4.78, 5) is 16.6. The lowest BCUT2D eigenvalue weighted by molar-refractivity contribution is -0.128. The molecule has 0 aliphatic carbocycles. The molecule has 0 N–H and O–H groups in total. The Bertz CT molecular complexity index is 1030. The quantitative estimate of drug-likeness (QED) is 0.503. The number of hydrogen-bond acceptors (Lipinski definition) is 5. The fraction of sp³-hybridized carbons (Fsp3) is 0.261. The zero-order valence-electron chi connectivity index (χ0n) is 16.9. The number of amides is 1. The SMILES string of the molecule is O=C(CSCc1ccccc1)N1CCN(c2ccc(-c3ccc(Cl)cc3Cl)nn2)CC1. The van der Waals surface area contributed by atoms with Crippen molar-refractivity contribution in [3.63, 3.8) is 0 Å². The summed E-state index contributed by atoms with van der Waals surface area (Å²) in [6.45, 7) is 2.87. The summed E-state index contributed by atoms with van der Waals surface area (Å²) in [5.41, 5.74) is 2.75. The summed E-state index contributed by atoms with van der Waals surface area (Å²) in [7, 11) is 0. The zero-order chi connectivity index (χ0) is 21.6. The Morgan fingerprint density at radius 3 is 2.39 bits per heavy atom. The third-order valence-corrected chi connectivity index (χ3v) is 6.69. The standard InChI is InChI=1S/C23H22Cl2N4OS/c24-18-6-7-19(20(25)14-18)21-8-9-22(27-26-21)28-10-12-29(13-11-28)23(30)16-31-15-17-4-2-1-3-5-17/h1-9,14H,10-13,15-16H2. The van der Waals surface area contributed by atoms with Crippen LogP contribution in [0.4, 0.5) is 5.82 Å². The molecule has 0 saturated carbocycles. The van der Waals surface area contributed by atoms with Gasteiger partial charge in [0.2, 0.25) is 5.91 Å². The van der Waals surface area contributed by atoms with E-state index in [1.54, 1.807) is 23.9 Å². The first-order valence-corrected chi connectivity index (χ1v) is 11.9. The van der Waals surface area contributed by atoms with Crippen LogP contribution in [0.5, 0.6) is 0 Å². The minimum absolute atomic E-state index is 0.194. The summed E-state index contributed by atoms with van der Waals surface area (Å²) in [5, 5.41) is 9.84. The Morgan fingerprint density at radius 2 is 1.71 bits per heavy atom. The first-order valence-electron chi connectivity index (χ1n) is 10.0. The van der Waals surface area contributed by atoms with Crippen molar-refractivity contribution in [3.8, 4) is 11.3 Å². The molecule has 1 aliphatic heterocycles. The number of rotatable bonds is 6. The van der Waals surface area contributed by atoms with E-state index >= 15 is 0 Å². The number of benzene rings is 2. The van der Waals surface area contributed by atoms with Crippen LogP contribution in [0.2, 0.25) is 10.0 Å². The van der Waals surface area contributed by atoms with Gasteiger partial charge >= 0.3 is 0 Å². The molecule has 0 atom stereocenters. The van der Waals surface area contributed by atoms with Crippen molar-refractivity contribution in [3.05, 3.63) is 76.3 Å². The molecule has 1 aliphatic rings. The van der Waals surface area contributed by atoms with E-state index in [1.807, 2.05) is 41.3 Å². The maximum atomic E-state index is 12.5. The van der Waals surface area contributed by atoms with Crippen molar-refractivity contribution in [1.29, 1.82) is 0 Å². The number of halogens is 2. The third-order valence-electron chi connectivity index (χ3n) is 5.15. The maximum Gasteiger partial charge on any atom is 0.232 e. The van der Waals surface area contributed by atoms with Crippen LogP contribution < -0.4 is 4.90 Å². The number of hydrogen-bond donors (Lipinski definition) is 0. The van der Waals surface area contributed by atoms with Gasteiger partial charge in [-0.15, -0.1) is 22.0 Å². The van der Waals surface area contributed by atoms with Gasteiger partial charge in [-0.3, -0.25) is 4.79 Å². The van der Waals surface area contributed by atoms with E-state index in [0.717, 1.165) is 30.2 Å². The second-order valence-corrected chi connectivity index (χ2v) is 9.08. The van der Waals surface area contributed by atoms with Crippen molar-refractivity contribution >= 4 is 46.7 Å². The fourth-order valence-corrected chi connectivity index (χ4v) is 4.83. The molecule has 2 heterocycles. The number of anilines is 1. The van der Waals surface area contributed by atoms with E-state index in [-0.39, 0.29) is 5.91 Å². The summed E-state index contributed by atoms with van der Waals surface area (Å²) in [6, 6.07) is 19.4. The average Bonchev–Trinajstić information content (AvgIpc) is 2.80. The van der Waals surface area contributed by atoms with Gasteiger partial charge in [0.1, 0.15) is 0 Å². The lowest BCUT2D eigenvalue weighted by Gasteiger charge is -2.35. The summed E-state index contributed by atoms with van der Waals surface area (Å²) in [6.07, 6.45) is 0. The molecule has 3 aromatic rings. The largest absolute Gasteiger partial charge is 0.352 e. The second kappa shape index (κ2) is 10.4. The molecule has 1 fully saturated rings. The molecule has 0 unspecified atom stereocenters. The van der Waals surface area contributed by atoms with Crippen LogP contribution in [0, 0.1) is 0 Å². The van der Waals surface area contributed by atoms with Gasteiger partial charge in [-0.1, -0.05) is 53.5 Å². The van der Waals surface area contributed by atoms with Crippen molar-refractivity contribution in [2.75, 3.05) is 36.8 Å². The molecule has 1 amide bonds. The van der Waals surface area contributed by atoms with Gasteiger partial charge in [-0.05, 0) is 35.9 Å². The highest BCUT2D eigenvalue weighted by Crippen LogP contribution is 2.29. The highest BCUT2D eigenvalue weighted by molar-refractivity contribution is 7.99. The van der Waals surface area contributed by atoms with Crippen LogP contribution in [0.3, 0.4) is 0 Å². The van der Waals surface area contributed by atoms with Gasteiger partial charge in [-0.25, -0.2) is 0 Å². The molecule has 31 heavy (non-hydrogen) atoms. The van der Waals surface area contributed by atoms with E-state index in [0.29, 0.717) is 34.6 Å². The molecule has 0 radical (unpaired) electrons. The van der Waals surface area contributed by atoms with Gasteiger partial charge in [0.25, 0.3) is 0 Å². The Hall–Kier alpha value is -2.28. The number of nitrogens with zero attached hydrogens (tertiary/aromatic N) is 4. The average molecular weight is 473 g/mol. The zero-order valence-corrected chi connectivity index (χ0v) is 19.2.